The monoisotopic (exact) mass is 237 g/mol. The second kappa shape index (κ2) is 5.41. The van der Waals surface area contributed by atoms with Crippen molar-refractivity contribution in [2.24, 2.45) is 4.99 Å². The van der Waals surface area contributed by atoms with Gasteiger partial charge in [0.2, 0.25) is 0 Å². The zero-order valence-electron chi connectivity index (χ0n) is 10.6. The molecule has 90 valence electrons. The van der Waals surface area contributed by atoms with Crippen molar-refractivity contribution in [1.82, 2.24) is 0 Å². The Balaban J connectivity index is 2.34. The lowest BCUT2D eigenvalue weighted by atomic mass is 10.1. The average molecular weight is 237 g/mol. The predicted octanol–water partition coefficient (Wildman–Crippen LogP) is 4.03. The third-order valence-corrected chi connectivity index (χ3v) is 2.74. The molecule has 18 heavy (non-hydrogen) atoms. The number of benzene rings is 2. The first-order valence-corrected chi connectivity index (χ1v) is 5.88. The largest absolute Gasteiger partial charge is 0.295 e. The van der Waals surface area contributed by atoms with Crippen LogP contribution in [0.25, 0.3) is 0 Å². The highest BCUT2D eigenvalue weighted by Gasteiger charge is 2.02. The molecule has 0 spiro atoms. The van der Waals surface area contributed by atoms with E-state index in [9.17, 15) is 4.79 Å². The third-order valence-electron chi connectivity index (χ3n) is 2.74. The van der Waals surface area contributed by atoms with E-state index in [1.807, 2.05) is 61.5 Å². The molecule has 0 heterocycles. The first-order chi connectivity index (χ1) is 8.66. The van der Waals surface area contributed by atoms with Crippen LogP contribution < -0.4 is 0 Å². The van der Waals surface area contributed by atoms with Crippen molar-refractivity contribution in [3.63, 3.8) is 0 Å². The van der Waals surface area contributed by atoms with Crippen molar-refractivity contribution >= 4 is 17.2 Å². The van der Waals surface area contributed by atoms with E-state index in [2.05, 4.69) is 4.99 Å². The van der Waals surface area contributed by atoms with E-state index >= 15 is 0 Å². The number of hydrogen-bond donors (Lipinski definition) is 0. The highest BCUT2D eigenvalue weighted by atomic mass is 16.1. The number of nitrogens with zero attached hydrogens (tertiary/aromatic N) is 1. The van der Waals surface area contributed by atoms with Crippen LogP contribution in [-0.4, -0.2) is 11.5 Å². The van der Waals surface area contributed by atoms with Gasteiger partial charge in [-0.3, -0.25) is 9.79 Å². The van der Waals surface area contributed by atoms with Gasteiger partial charge in [-0.15, -0.1) is 0 Å². The Morgan fingerprint density at radius 2 is 1.56 bits per heavy atom. The summed E-state index contributed by atoms with van der Waals surface area (Å²) in [4.78, 5) is 15.9. The number of rotatable bonds is 3. The van der Waals surface area contributed by atoms with Gasteiger partial charge in [-0.25, -0.2) is 0 Å². The minimum Gasteiger partial charge on any atom is -0.295 e. The molecule has 0 N–H and O–H groups in total. The zero-order valence-corrected chi connectivity index (χ0v) is 10.6. The highest BCUT2D eigenvalue weighted by Crippen LogP contribution is 2.14. The summed E-state index contributed by atoms with van der Waals surface area (Å²) in [6.45, 7) is 3.52. The van der Waals surface area contributed by atoms with Crippen LogP contribution in [0.15, 0.2) is 59.6 Å². The zero-order chi connectivity index (χ0) is 13.0. The molecular weight excluding hydrogens is 222 g/mol. The number of carbonyl (C=O) groups excluding carboxylic acids is 1. The molecule has 2 heteroatoms. The van der Waals surface area contributed by atoms with Crippen LogP contribution in [0.2, 0.25) is 0 Å². The maximum absolute atomic E-state index is 11.3. The Bertz CT molecular complexity index is 585. The minimum atomic E-state index is 0.0735. The normalized spacial score (nSPS) is 11.3. The standard InChI is InChI=1S/C16H15NO/c1-12(17-16-9-4-3-5-10-16)14-7-6-8-15(11-14)13(2)18/h3-11H,1-2H3/b17-12+. The molecule has 0 atom stereocenters. The molecule has 0 saturated carbocycles. The lowest BCUT2D eigenvalue weighted by Gasteiger charge is -2.03. The lowest BCUT2D eigenvalue weighted by molar-refractivity contribution is 0.101. The number of carbonyl (C=O) groups is 1. The summed E-state index contributed by atoms with van der Waals surface area (Å²) in [5.41, 5.74) is 3.52. The molecule has 0 unspecified atom stereocenters. The molecule has 0 aromatic heterocycles. The Hall–Kier alpha value is -2.22. The van der Waals surface area contributed by atoms with Crippen LogP contribution in [0.5, 0.6) is 0 Å². The van der Waals surface area contributed by atoms with Crippen molar-refractivity contribution in [2.45, 2.75) is 13.8 Å². The molecule has 2 aromatic rings. The lowest BCUT2D eigenvalue weighted by Crippen LogP contribution is -1.98. The van der Waals surface area contributed by atoms with Gasteiger partial charge in [0.25, 0.3) is 0 Å². The molecule has 0 aliphatic rings. The number of ketones is 1. The molecule has 0 amide bonds. The van der Waals surface area contributed by atoms with Crippen LogP contribution in [-0.2, 0) is 0 Å². The van der Waals surface area contributed by atoms with E-state index in [1.54, 1.807) is 6.92 Å². The smallest absolute Gasteiger partial charge is 0.159 e. The first kappa shape index (κ1) is 12.2. The number of Topliss-reactive ketones (excluding diaryl/α,β-unsaturated/α-hetero) is 1. The summed E-state index contributed by atoms with van der Waals surface area (Å²) in [7, 11) is 0. The topological polar surface area (TPSA) is 29.4 Å². The molecule has 2 aromatic carbocycles. The summed E-state index contributed by atoms with van der Waals surface area (Å²) < 4.78 is 0. The second-order valence-electron chi connectivity index (χ2n) is 4.17. The van der Waals surface area contributed by atoms with Crippen molar-refractivity contribution in [1.29, 1.82) is 0 Å². The van der Waals surface area contributed by atoms with Crippen LogP contribution in [0.3, 0.4) is 0 Å². The van der Waals surface area contributed by atoms with Gasteiger partial charge in [-0.1, -0.05) is 36.4 Å². The highest BCUT2D eigenvalue weighted by molar-refractivity contribution is 6.03. The van der Waals surface area contributed by atoms with E-state index in [0.29, 0.717) is 0 Å². The SMILES string of the molecule is CC(=O)c1cccc(/C(C)=N/c2ccccc2)c1. The van der Waals surface area contributed by atoms with E-state index in [1.165, 1.54) is 0 Å². The summed E-state index contributed by atoms with van der Waals surface area (Å²) in [5.74, 6) is 0.0735. The summed E-state index contributed by atoms with van der Waals surface area (Å²) >= 11 is 0. The fourth-order valence-corrected chi connectivity index (χ4v) is 1.72. The molecular formula is C16H15NO. The fourth-order valence-electron chi connectivity index (χ4n) is 1.72. The molecule has 0 fully saturated rings. The summed E-state index contributed by atoms with van der Waals surface area (Å²) in [6, 6.07) is 17.3. The quantitative estimate of drug-likeness (QED) is 0.585. The van der Waals surface area contributed by atoms with E-state index in [-0.39, 0.29) is 5.78 Å². The van der Waals surface area contributed by atoms with Gasteiger partial charge in [0, 0.05) is 11.3 Å². The van der Waals surface area contributed by atoms with Crippen LogP contribution >= 0.6 is 0 Å². The van der Waals surface area contributed by atoms with Crippen molar-refractivity contribution in [3.05, 3.63) is 65.7 Å². The van der Waals surface area contributed by atoms with Gasteiger partial charge in [-0.05, 0) is 37.6 Å². The maximum atomic E-state index is 11.3. The second-order valence-corrected chi connectivity index (χ2v) is 4.17. The Morgan fingerprint density at radius 1 is 0.889 bits per heavy atom. The number of hydrogen-bond acceptors (Lipinski definition) is 2. The Morgan fingerprint density at radius 3 is 2.22 bits per heavy atom. The van der Waals surface area contributed by atoms with Gasteiger partial charge in [0.15, 0.2) is 5.78 Å². The molecule has 0 aliphatic carbocycles. The van der Waals surface area contributed by atoms with E-state index in [0.717, 1.165) is 22.5 Å². The van der Waals surface area contributed by atoms with E-state index in [4.69, 9.17) is 0 Å². The van der Waals surface area contributed by atoms with Crippen molar-refractivity contribution < 1.29 is 4.79 Å². The van der Waals surface area contributed by atoms with Gasteiger partial charge in [0.1, 0.15) is 0 Å². The predicted molar refractivity (Wildman–Crippen MR) is 74.8 cm³/mol. The molecule has 0 radical (unpaired) electrons. The maximum Gasteiger partial charge on any atom is 0.159 e. The van der Waals surface area contributed by atoms with E-state index < -0.39 is 0 Å². The van der Waals surface area contributed by atoms with Gasteiger partial charge >= 0.3 is 0 Å². The minimum absolute atomic E-state index is 0.0735. The fraction of sp³-hybridized carbons (Fsp3) is 0.125. The van der Waals surface area contributed by atoms with Crippen LogP contribution in [0.1, 0.15) is 29.8 Å². The van der Waals surface area contributed by atoms with Gasteiger partial charge in [0.05, 0.1) is 5.69 Å². The van der Waals surface area contributed by atoms with Crippen LogP contribution in [0.4, 0.5) is 5.69 Å². The molecule has 0 aliphatic heterocycles. The Kier molecular flexibility index (Phi) is 3.68. The molecule has 0 bridgehead atoms. The van der Waals surface area contributed by atoms with Crippen molar-refractivity contribution in [3.8, 4) is 0 Å². The van der Waals surface area contributed by atoms with Crippen molar-refractivity contribution in [2.75, 3.05) is 0 Å². The summed E-state index contributed by atoms with van der Waals surface area (Å²) in [6.07, 6.45) is 0. The molecule has 2 rings (SSSR count). The summed E-state index contributed by atoms with van der Waals surface area (Å²) in [5, 5.41) is 0. The van der Waals surface area contributed by atoms with Crippen LogP contribution in [0, 0.1) is 0 Å². The molecule has 2 nitrogen and oxygen atoms in total. The number of aliphatic imine (C=N–C) groups is 1. The molecule has 0 saturated heterocycles. The van der Waals surface area contributed by atoms with Gasteiger partial charge in [-0.2, -0.15) is 0 Å². The Labute approximate surface area is 107 Å². The average Bonchev–Trinajstić information content (AvgIpc) is 2.40. The third kappa shape index (κ3) is 2.92. The first-order valence-electron chi connectivity index (χ1n) is 5.88. The van der Waals surface area contributed by atoms with Gasteiger partial charge < -0.3 is 0 Å². The number of para-hydroxylation sites is 1.